The monoisotopic (exact) mass is 466 g/mol. The van der Waals surface area contributed by atoms with Crippen LogP contribution in [0.1, 0.15) is 11.1 Å². The van der Waals surface area contributed by atoms with Crippen LogP contribution in [-0.2, 0) is 16.1 Å². The van der Waals surface area contributed by atoms with Gasteiger partial charge in [-0.1, -0.05) is 35.9 Å². The molecule has 6 nitrogen and oxygen atoms in total. The summed E-state index contributed by atoms with van der Waals surface area (Å²) in [6.07, 6.45) is 0. The Labute approximate surface area is 195 Å². The number of nitrogens with one attached hydrogen (secondary N) is 1. The van der Waals surface area contributed by atoms with Gasteiger partial charge in [0, 0.05) is 5.02 Å². The Morgan fingerprint density at radius 2 is 1.61 bits per heavy atom. The molecule has 168 valence electrons. The molecule has 33 heavy (non-hydrogen) atoms. The minimum Gasteiger partial charge on any atom is -0.497 e. The lowest BCUT2D eigenvalue weighted by molar-refractivity contribution is -0.137. The number of hydrogen-bond acceptors (Lipinski definition) is 5. The maximum absolute atomic E-state index is 13.4. The highest BCUT2D eigenvalue weighted by atomic mass is 35.5. The third-order valence-electron chi connectivity index (χ3n) is 5.22. The van der Waals surface area contributed by atoms with Gasteiger partial charge in [-0.2, -0.15) is 0 Å². The van der Waals surface area contributed by atoms with E-state index in [2.05, 4.69) is 5.32 Å². The van der Waals surface area contributed by atoms with Gasteiger partial charge in [0.1, 0.15) is 23.0 Å². The van der Waals surface area contributed by atoms with Crippen molar-refractivity contribution in [1.29, 1.82) is 0 Å². The topological polar surface area (TPSA) is 67.9 Å². The van der Waals surface area contributed by atoms with Crippen LogP contribution in [0, 0.1) is 5.82 Å². The summed E-state index contributed by atoms with van der Waals surface area (Å²) in [7, 11) is 3.04. The van der Waals surface area contributed by atoms with Gasteiger partial charge in [-0.05, 0) is 53.6 Å². The summed E-state index contributed by atoms with van der Waals surface area (Å²) in [4.78, 5) is 27.9. The lowest BCUT2D eigenvalue weighted by Gasteiger charge is -2.16. The second-order valence-corrected chi connectivity index (χ2v) is 7.71. The quantitative estimate of drug-likeness (QED) is 0.502. The Kier molecular flexibility index (Phi) is 6.33. The summed E-state index contributed by atoms with van der Waals surface area (Å²) in [5.74, 6) is -0.316. The van der Waals surface area contributed by atoms with E-state index in [1.165, 1.54) is 31.4 Å². The highest BCUT2D eigenvalue weighted by Crippen LogP contribution is 2.35. The van der Waals surface area contributed by atoms with Crippen molar-refractivity contribution in [2.75, 3.05) is 19.5 Å². The number of halogens is 2. The molecule has 8 heteroatoms. The van der Waals surface area contributed by atoms with Crippen molar-refractivity contribution in [3.63, 3.8) is 0 Å². The van der Waals surface area contributed by atoms with Crippen molar-refractivity contribution in [3.8, 4) is 11.5 Å². The van der Waals surface area contributed by atoms with E-state index in [0.717, 1.165) is 4.90 Å². The van der Waals surface area contributed by atoms with E-state index in [4.69, 9.17) is 21.1 Å². The fraction of sp³-hybridized carbons (Fsp3) is 0.120. The Morgan fingerprint density at radius 1 is 0.909 bits per heavy atom. The molecule has 0 saturated heterocycles. The molecule has 0 unspecified atom stereocenters. The molecule has 0 aliphatic carbocycles. The molecule has 1 aliphatic rings. The van der Waals surface area contributed by atoms with Gasteiger partial charge < -0.3 is 14.8 Å². The number of imide groups is 1. The molecule has 2 amide bonds. The average molecular weight is 467 g/mol. The zero-order chi connectivity index (χ0) is 23.5. The molecule has 0 aromatic heterocycles. The summed E-state index contributed by atoms with van der Waals surface area (Å²) in [6.45, 7) is -0.00450. The van der Waals surface area contributed by atoms with Crippen LogP contribution in [0.2, 0.25) is 5.02 Å². The number of anilines is 1. The lowest BCUT2D eigenvalue weighted by Crippen LogP contribution is -2.32. The highest BCUT2D eigenvalue weighted by molar-refractivity contribution is 6.36. The predicted molar refractivity (Wildman–Crippen MR) is 123 cm³/mol. The van der Waals surface area contributed by atoms with Crippen LogP contribution in [0.4, 0.5) is 10.1 Å². The van der Waals surface area contributed by atoms with Gasteiger partial charge in [-0.3, -0.25) is 14.5 Å². The number of methoxy groups -OCH3 is 2. The van der Waals surface area contributed by atoms with Crippen molar-refractivity contribution in [3.05, 3.63) is 94.4 Å². The van der Waals surface area contributed by atoms with E-state index in [9.17, 15) is 14.0 Å². The van der Waals surface area contributed by atoms with E-state index in [0.29, 0.717) is 33.3 Å². The van der Waals surface area contributed by atoms with Crippen LogP contribution in [0.15, 0.2) is 72.4 Å². The zero-order valence-electron chi connectivity index (χ0n) is 17.9. The number of hydrogen-bond donors (Lipinski definition) is 1. The van der Waals surface area contributed by atoms with Crippen molar-refractivity contribution < 1.29 is 23.5 Å². The zero-order valence-corrected chi connectivity index (χ0v) is 18.7. The maximum atomic E-state index is 13.4. The first-order valence-electron chi connectivity index (χ1n) is 10.0. The molecule has 1 heterocycles. The number of benzene rings is 3. The molecular formula is C25H20ClFN2O4. The van der Waals surface area contributed by atoms with E-state index in [-0.39, 0.29) is 17.8 Å². The predicted octanol–water partition coefficient (Wildman–Crippen LogP) is 4.89. The third-order valence-corrected chi connectivity index (χ3v) is 5.46. The molecule has 1 aliphatic heterocycles. The Balaban J connectivity index is 1.77. The van der Waals surface area contributed by atoms with Crippen LogP contribution < -0.4 is 14.8 Å². The van der Waals surface area contributed by atoms with Crippen molar-refractivity contribution in [2.24, 2.45) is 0 Å². The van der Waals surface area contributed by atoms with Crippen molar-refractivity contribution in [2.45, 2.75) is 6.54 Å². The fourth-order valence-corrected chi connectivity index (χ4v) is 3.72. The van der Waals surface area contributed by atoms with Gasteiger partial charge in [-0.25, -0.2) is 4.39 Å². The van der Waals surface area contributed by atoms with Gasteiger partial charge in [0.15, 0.2) is 0 Å². The summed E-state index contributed by atoms with van der Waals surface area (Å²) < 4.78 is 23.9. The first kappa shape index (κ1) is 22.4. The largest absolute Gasteiger partial charge is 0.497 e. The molecule has 4 rings (SSSR count). The number of ether oxygens (including phenoxy) is 2. The highest BCUT2D eigenvalue weighted by Gasteiger charge is 2.39. The van der Waals surface area contributed by atoms with Crippen LogP contribution in [-0.4, -0.2) is 30.9 Å². The summed E-state index contributed by atoms with van der Waals surface area (Å²) in [6, 6.07) is 17.4. The van der Waals surface area contributed by atoms with Crippen LogP contribution in [0.3, 0.4) is 0 Å². The number of rotatable bonds is 7. The molecule has 0 bridgehead atoms. The van der Waals surface area contributed by atoms with Crippen LogP contribution >= 0.6 is 11.6 Å². The van der Waals surface area contributed by atoms with Crippen molar-refractivity contribution in [1.82, 2.24) is 4.90 Å². The minimum atomic E-state index is -0.517. The fourth-order valence-electron chi connectivity index (χ4n) is 3.55. The summed E-state index contributed by atoms with van der Waals surface area (Å²) in [5.41, 5.74) is 1.89. The maximum Gasteiger partial charge on any atom is 0.278 e. The molecule has 0 saturated carbocycles. The summed E-state index contributed by atoms with van der Waals surface area (Å²) in [5, 5.41) is 3.49. The standard InChI is InChI=1S/C25H20ClFN2O4/c1-32-19-10-5-16(6-11-19)22-23(28-20-13-17(26)7-12-21(20)33-2)25(31)29(24(22)30)14-15-3-8-18(27)9-4-15/h3-13,28H,14H2,1-2H3. The SMILES string of the molecule is COc1ccc(C2=C(Nc3cc(Cl)ccc3OC)C(=O)N(Cc3ccc(F)cc3)C2=O)cc1. The van der Waals surface area contributed by atoms with Gasteiger partial charge in [0.05, 0.1) is 32.0 Å². The normalized spacial score (nSPS) is 13.5. The smallest absolute Gasteiger partial charge is 0.278 e. The average Bonchev–Trinajstić information content (AvgIpc) is 3.05. The molecule has 0 radical (unpaired) electrons. The Morgan fingerprint density at radius 3 is 2.24 bits per heavy atom. The first-order chi connectivity index (χ1) is 15.9. The number of amides is 2. The van der Waals surface area contributed by atoms with Gasteiger partial charge in [0.25, 0.3) is 11.8 Å². The van der Waals surface area contributed by atoms with E-state index in [1.54, 1.807) is 49.6 Å². The first-order valence-corrected chi connectivity index (χ1v) is 10.4. The Bertz CT molecular complexity index is 1240. The van der Waals surface area contributed by atoms with Crippen LogP contribution in [0.5, 0.6) is 11.5 Å². The molecule has 0 atom stereocenters. The molecule has 0 spiro atoms. The third kappa shape index (κ3) is 4.54. The summed E-state index contributed by atoms with van der Waals surface area (Å²) >= 11 is 6.14. The molecule has 3 aromatic carbocycles. The van der Waals surface area contributed by atoms with E-state index < -0.39 is 17.6 Å². The molecule has 3 aromatic rings. The number of carbonyl (C=O) groups excluding carboxylic acids is 2. The van der Waals surface area contributed by atoms with E-state index >= 15 is 0 Å². The molecular weight excluding hydrogens is 447 g/mol. The van der Waals surface area contributed by atoms with Gasteiger partial charge in [-0.15, -0.1) is 0 Å². The van der Waals surface area contributed by atoms with Crippen LogP contribution in [0.25, 0.3) is 5.57 Å². The second kappa shape index (κ2) is 9.34. The second-order valence-electron chi connectivity index (χ2n) is 7.27. The van der Waals surface area contributed by atoms with Gasteiger partial charge >= 0.3 is 0 Å². The lowest BCUT2D eigenvalue weighted by atomic mass is 10.0. The minimum absolute atomic E-state index is 0.00450. The van der Waals surface area contributed by atoms with Gasteiger partial charge in [0.2, 0.25) is 0 Å². The van der Waals surface area contributed by atoms with Crippen molar-refractivity contribution >= 4 is 34.7 Å². The number of nitrogens with zero attached hydrogens (tertiary/aromatic N) is 1. The number of carbonyl (C=O) groups is 2. The molecule has 1 N–H and O–H groups in total. The van der Waals surface area contributed by atoms with E-state index in [1.807, 2.05) is 0 Å². The Hall–Kier alpha value is -3.84. The molecule has 0 fully saturated rings.